The molecule has 1 saturated carbocycles. The van der Waals surface area contributed by atoms with Gasteiger partial charge in [0.2, 0.25) is 5.91 Å². The van der Waals surface area contributed by atoms with Gasteiger partial charge in [0, 0.05) is 11.8 Å². The molecule has 0 radical (unpaired) electrons. The molecule has 3 aromatic carbocycles. The molecule has 2 aliphatic rings. The predicted octanol–water partition coefficient (Wildman–Crippen LogP) is 5.52. The van der Waals surface area contributed by atoms with Crippen LogP contribution < -0.4 is 5.32 Å². The SMILES string of the molecule is C[C@H](NC(=O)[C@@]1(C#N)[C@H]2C=C[C@H](C2)[C@@H]1c1ccccc1)c1cccc2ccccc12. The molecule has 5 rings (SSSR count). The first kappa shape index (κ1) is 18.6. The molecule has 30 heavy (non-hydrogen) atoms. The van der Waals surface area contributed by atoms with Gasteiger partial charge in [-0.05, 0) is 41.2 Å². The Labute approximate surface area is 177 Å². The first-order chi connectivity index (χ1) is 14.6. The van der Waals surface area contributed by atoms with Crippen LogP contribution in [-0.4, -0.2) is 5.91 Å². The van der Waals surface area contributed by atoms with E-state index in [0.717, 1.165) is 28.3 Å². The summed E-state index contributed by atoms with van der Waals surface area (Å²) in [5.74, 6) is -0.0809. The van der Waals surface area contributed by atoms with E-state index in [1.54, 1.807) is 0 Å². The molecule has 0 unspecified atom stereocenters. The lowest BCUT2D eigenvalue weighted by Gasteiger charge is -2.36. The summed E-state index contributed by atoms with van der Waals surface area (Å²) in [5.41, 5.74) is 1.08. The lowest BCUT2D eigenvalue weighted by atomic mass is 9.66. The summed E-state index contributed by atoms with van der Waals surface area (Å²) < 4.78 is 0. The van der Waals surface area contributed by atoms with E-state index in [1.807, 2.05) is 55.5 Å². The molecular weight excluding hydrogens is 368 g/mol. The van der Waals surface area contributed by atoms with Gasteiger partial charge in [-0.15, -0.1) is 0 Å². The van der Waals surface area contributed by atoms with Gasteiger partial charge in [-0.3, -0.25) is 4.79 Å². The topological polar surface area (TPSA) is 52.9 Å². The number of fused-ring (bicyclic) bond motifs is 3. The first-order valence-electron chi connectivity index (χ1n) is 10.6. The molecule has 2 bridgehead atoms. The molecule has 3 aromatic rings. The summed E-state index contributed by atoms with van der Waals surface area (Å²) in [5, 5.41) is 15.8. The van der Waals surface area contributed by atoms with Crippen molar-refractivity contribution in [1.82, 2.24) is 5.32 Å². The number of benzene rings is 3. The Balaban J connectivity index is 1.51. The summed E-state index contributed by atoms with van der Waals surface area (Å²) in [4.78, 5) is 13.7. The number of nitrogens with zero attached hydrogens (tertiary/aromatic N) is 1. The Hall–Kier alpha value is -3.38. The predicted molar refractivity (Wildman–Crippen MR) is 118 cm³/mol. The van der Waals surface area contributed by atoms with Gasteiger partial charge < -0.3 is 5.32 Å². The minimum Gasteiger partial charge on any atom is -0.348 e. The maximum absolute atomic E-state index is 13.7. The van der Waals surface area contributed by atoms with Crippen LogP contribution in [0.1, 0.15) is 36.4 Å². The second kappa shape index (κ2) is 7.15. The molecule has 0 aliphatic heterocycles. The molecule has 0 spiro atoms. The van der Waals surface area contributed by atoms with Crippen molar-refractivity contribution in [1.29, 1.82) is 5.26 Å². The van der Waals surface area contributed by atoms with Crippen LogP contribution >= 0.6 is 0 Å². The van der Waals surface area contributed by atoms with Crippen LogP contribution in [-0.2, 0) is 4.79 Å². The molecule has 148 valence electrons. The number of hydrogen-bond acceptors (Lipinski definition) is 2. The molecule has 0 aromatic heterocycles. The highest BCUT2D eigenvalue weighted by atomic mass is 16.2. The summed E-state index contributed by atoms with van der Waals surface area (Å²) >= 11 is 0. The van der Waals surface area contributed by atoms with Crippen LogP contribution in [0.25, 0.3) is 10.8 Å². The number of carbonyl (C=O) groups is 1. The second-order valence-corrected chi connectivity index (χ2v) is 8.52. The number of rotatable bonds is 4. The number of allylic oxidation sites excluding steroid dienone is 2. The quantitative estimate of drug-likeness (QED) is 0.595. The highest BCUT2D eigenvalue weighted by Gasteiger charge is 2.61. The maximum Gasteiger partial charge on any atom is 0.242 e. The Morgan fingerprint density at radius 1 is 1.03 bits per heavy atom. The number of hydrogen-bond donors (Lipinski definition) is 1. The van der Waals surface area contributed by atoms with Crippen molar-refractivity contribution < 1.29 is 4.79 Å². The second-order valence-electron chi connectivity index (χ2n) is 8.52. The van der Waals surface area contributed by atoms with Crippen LogP contribution in [0.4, 0.5) is 0 Å². The van der Waals surface area contributed by atoms with E-state index in [2.05, 4.69) is 47.8 Å². The van der Waals surface area contributed by atoms with E-state index in [-0.39, 0.29) is 29.7 Å². The van der Waals surface area contributed by atoms with Gasteiger partial charge in [-0.2, -0.15) is 5.26 Å². The fourth-order valence-corrected chi connectivity index (χ4v) is 5.59. The molecule has 0 heterocycles. The van der Waals surface area contributed by atoms with Gasteiger partial charge in [0.15, 0.2) is 0 Å². The van der Waals surface area contributed by atoms with Crippen molar-refractivity contribution in [2.45, 2.75) is 25.3 Å². The maximum atomic E-state index is 13.7. The average Bonchev–Trinajstić information content (AvgIpc) is 3.39. The molecule has 1 amide bonds. The Bertz CT molecular complexity index is 1170. The summed E-state index contributed by atoms with van der Waals surface area (Å²) in [6, 6.07) is 26.7. The zero-order valence-corrected chi connectivity index (χ0v) is 17.0. The molecule has 1 fully saturated rings. The van der Waals surface area contributed by atoms with Crippen LogP contribution in [0.15, 0.2) is 84.9 Å². The van der Waals surface area contributed by atoms with Crippen LogP contribution in [0, 0.1) is 28.6 Å². The van der Waals surface area contributed by atoms with Crippen LogP contribution in [0.2, 0.25) is 0 Å². The Morgan fingerprint density at radius 2 is 1.77 bits per heavy atom. The van der Waals surface area contributed by atoms with E-state index >= 15 is 0 Å². The molecular formula is C27H24N2O. The van der Waals surface area contributed by atoms with Gasteiger partial charge >= 0.3 is 0 Å². The summed E-state index contributed by atoms with van der Waals surface area (Å²) in [7, 11) is 0. The van der Waals surface area contributed by atoms with Crippen LogP contribution in [0.5, 0.6) is 0 Å². The van der Waals surface area contributed by atoms with Crippen molar-refractivity contribution in [2.24, 2.45) is 17.3 Å². The normalized spacial score (nSPS) is 27.7. The van der Waals surface area contributed by atoms with E-state index in [1.165, 1.54) is 0 Å². The zero-order valence-electron chi connectivity index (χ0n) is 17.0. The highest BCUT2D eigenvalue weighted by molar-refractivity contribution is 5.90. The fourth-order valence-electron chi connectivity index (χ4n) is 5.59. The molecule has 2 aliphatic carbocycles. The number of amides is 1. The van der Waals surface area contributed by atoms with Gasteiger partial charge in [0.25, 0.3) is 0 Å². The summed E-state index contributed by atoms with van der Waals surface area (Å²) in [6.45, 7) is 2.01. The lowest BCUT2D eigenvalue weighted by molar-refractivity contribution is -0.130. The zero-order chi connectivity index (χ0) is 20.7. The minimum atomic E-state index is -1.07. The molecule has 3 nitrogen and oxygen atoms in total. The van der Waals surface area contributed by atoms with Crippen molar-refractivity contribution in [3.05, 3.63) is 96.1 Å². The third kappa shape index (κ3) is 2.68. The van der Waals surface area contributed by atoms with E-state index < -0.39 is 5.41 Å². The standard InChI is InChI=1S/C27H24N2O/c1-18(23-13-7-11-19-8-5-6-12-24(19)23)29-26(30)27(17-28)22-15-14-21(16-22)25(27)20-9-3-2-4-10-20/h2-15,18,21-22,25H,16H2,1H3,(H,29,30)/t18-,21+,22-,25-,27-/m0/s1. The molecule has 5 atom stereocenters. The minimum absolute atomic E-state index is 0.0441. The lowest BCUT2D eigenvalue weighted by Crippen LogP contribution is -2.47. The van der Waals surface area contributed by atoms with Crippen molar-refractivity contribution in [3.8, 4) is 6.07 Å². The van der Waals surface area contributed by atoms with Crippen molar-refractivity contribution >= 4 is 16.7 Å². The smallest absolute Gasteiger partial charge is 0.242 e. The van der Waals surface area contributed by atoms with E-state index in [0.29, 0.717) is 0 Å². The Kier molecular flexibility index (Phi) is 4.44. The van der Waals surface area contributed by atoms with Crippen LogP contribution in [0.3, 0.4) is 0 Å². The number of nitriles is 1. The van der Waals surface area contributed by atoms with Crippen molar-refractivity contribution in [3.63, 3.8) is 0 Å². The van der Waals surface area contributed by atoms with Crippen molar-refractivity contribution in [2.75, 3.05) is 0 Å². The fraction of sp³-hybridized carbons (Fsp3) is 0.259. The molecule has 1 N–H and O–H groups in total. The van der Waals surface area contributed by atoms with Gasteiger partial charge in [0.05, 0.1) is 12.1 Å². The average molecular weight is 393 g/mol. The monoisotopic (exact) mass is 392 g/mol. The van der Waals surface area contributed by atoms with Gasteiger partial charge in [-0.25, -0.2) is 0 Å². The third-order valence-electron chi connectivity index (χ3n) is 6.98. The number of nitrogens with one attached hydrogen (secondary N) is 1. The number of carbonyl (C=O) groups excluding carboxylic acids is 1. The largest absolute Gasteiger partial charge is 0.348 e. The first-order valence-corrected chi connectivity index (χ1v) is 10.6. The molecule has 3 heteroatoms. The third-order valence-corrected chi connectivity index (χ3v) is 6.98. The Morgan fingerprint density at radius 3 is 2.57 bits per heavy atom. The summed E-state index contributed by atoms with van der Waals surface area (Å²) in [6.07, 6.45) is 5.14. The van der Waals surface area contributed by atoms with Gasteiger partial charge in [0.1, 0.15) is 5.41 Å². The van der Waals surface area contributed by atoms with E-state index in [9.17, 15) is 10.1 Å². The highest BCUT2D eigenvalue weighted by Crippen LogP contribution is 2.60. The molecule has 0 saturated heterocycles. The van der Waals surface area contributed by atoms with E-state index in [4.69, 9.17) is 0 Å². The van der Waals surface area contributed by atoms with Gasteiger partial charge in [-0.1, -0.05) is 84.9 Å².